The van der Waals surface area contributed by atoms with Gasteiger partial charge in [-0.3, -0.25) is 0 Å². The summed E-state index contributed by atoms with van der Waals surface area (Å²) in [4.78, 5) is 2.34. The molecule has 0 heterocycles. The topological polar surface area (TPSA) is 98.6 Å². The molecule has 0 saturated heterocycles. The fourth-order valence-electron chi connectivity index (χ4n) is 5.07. The van der Waals surface area contributed by atoms with Crippen LogP contribution in [0.25, 0.3) is 0 Å². The molecule has 0 N–H and O–H groups in total. The highest BCUT2D eigenvalue weighted by molar-refractivity contribution is 7.99. The van der Waals surface area contributed by atoms with E-state index in [4.69, 9.17) is 46.3 Å². The normalized spacial score (nSPS) is 12.9. The SMILES string of the molecule is CCO[Si](CCCOc1ccc(SCC(C)(C)N=NC(C)(C)CSc2ccc(OCCC[Si](OCC)(OCC)OCC)cc2)cc1)(OCC)OCC. The smallest absolute Gasteiger partial charge is 0.494 e. The summed E-state index contributed by atoms with van der Waals surface area (Å²) in [6.07, 6.45) is 1.61. The second-order valence-corrected chi connectivity index (χ2v) is 20.8. The summed E-state index contributed by atoms with van der Waals surface area (Å²) in [7, 11) is -5.28. The van der Waals surface area contributed by atoms with Crippen molar-refractivity contribution in [2.45, 2.75) is 115 Å². The minimum absolute atomic E-state index is 0.311. The summed E-state index contributed by atoms with van der Waals surface area (Å²) in [5.74, 6) is 3.32. The monoisotopic (exact) mass is 798 g/mol. The number of benzene rings is 2. The molecule has 0 unspecified atom stereocenters. The van der Waals surface area contributed by atoms with Gasteiger partial charge in [-0.05, 0) is 131 Å². The van der Waals surface area contributed by atoms with E-state index in [0.29, 0.717) is 52.9 Å². The largest absolute Gasteiger partial charge is 0.501 e. The van der Waals surface area contributed by atoms with E-state index in [1.165, 1.54) is 9.79 Å². The zero-order valence-corrected chi connectivity index (χ0v) is 37.1. The van der Waals surface area contributed by atoms with Crippen molar-refractivity contribution in [1.29, 1.82) is 0 Å². The van der Waals surface area contributed by atoms with Crippen molar-refractivity contribution < 1.29 is 36.0 Å². The first-order valence-corrected chi connectivity index (χ1v) is 24.7. The van der Waals surface area contributed by atoms with Crippen LogP contribution in [0.2, 0.25) is 12.1 Å². The molecule has 0 aliphatic carbocycles. The Morgan fingerprint density at radius 1 is 0.481 bits per heavy atom. The number of azo groups is 1. The van der Waals surface area contributed by atoms with E-state index in [-0.39, 0.29) is 11.1 Å². The molecule has 0 atom stereocenters. The summed E-state index contributed by atoms with van der Waals surface area (Å²) in [6.45, 7) is 25.0. The lowest BCUT2D eigenvalue weighted by Gasteiger charge is -2.28. The van der Waals surface area contributed by atoms with Gasteiger partial charge in [-0.1, -0.05) is 0 Å². The van der Waals surface area contributed by atoms with Gasteiger partial charge in [0.15, 0.2) is 0 Å². The van der Waals surface area contributed by atoms with E-state index in [1.807, 2.05) is 65.8 Å². The molecule has 296 valence electrons. The van der Waals surface area contributed by atoms with Gasteiger partial charge in [-0.2, -0.15) is 10.2 Å². The number of hydrogen-bond acceptors (Lipinski definition) is 12. The Balaban J connectivity index is 1.77. The minimum Gasteiger partial charge on any atom is -0.494 e. The van der Waals surface area contributed by atoms with Crippen molar-refractivity contribution in [2.24, 2.45) is 10.2 Å². The Morgan fingerprint density at radius 2 is 0.769 bits per heavy atom. The molecule has 0 amide bonds. The highest BCUT2D eigenvalue weighted by Crippen LogP contribution is 2.30. The Bertz CT molecular complexity index is 1130. The van der Waals surface area contributed by atoms with Crippen LogP contribution in [0.1, 0.15) is 82.1 Å². The van der Waals surface area contributed by atoms with Crippen LogP contribution in [0.4, 0.5) is 0 Å². The molecule has 2 rings (SSSR count). The molecule has 0 aliphatic rings. The van der Waals surface area contributed by atoms with Crippen LogP contribution >= 0.6 is 23.5 Å². The van der Waals surface area contributed by atoms with Crippen LogP contribution in [-0.2, 0) is 26.6 Å². The molecule has 0 aromatic heterocycles. The van der Waals surface area contributed by atoms with Crippen LogP contribution < -0.4 is 9.47 Å². The lowest BCUT2D eigenvalue weighted by molar-refractivity contribution is 0.0689. The van der Waals surface area contributed by atoms with Crippen molar-refractivity contribution >= 4 is 41.1 Å². The van der Waals surface area contributed by atoms with Crippen molar-refractivity contribution in [3.63, 3.8) is 0 Å². The lowest BCUT2D eigenvalue weighted by atomic mass is 10.1. The zero-order valence-electron chi connectivity index (χ0n) is 33.5. The van der Waals surface area contributed by atoms with Crippen molar-refractivity contribution in [1.82, 2.24) is 0 Å². The van der Waals surface area contributed by atoms with Crippen LogP contribution in [0, 0.1) is 0 Å². The maximum absolute atomic E-state index is 6.02. The molecule has 14 heteroatoms. The number of thioether (sulfide) groups is 2. The van der Waals surface area contributed by atoms with Gasteiger partial charge < -0.3 is 36.0 Å². The zero-order chi connectivity index (χ0) is 38.4. The second kappa shape index (κ2) is 24.8. The van der Waals surface area contributed by atoms with Gasteiger partial charge in [0.1, 0.15) is 11.5 Å². The van der Waals surface area contributed by atoms with Gasteiger partial charge in [0.25, 0.3) is 0 Å². The van der Waals surface area contributed by atoms with Crippen molar-refractivity contribution in [2.75, 3.05) is 64.4 Å². The molecule has 0 spiro atoms. The molecular weight excluding hydrogens is 733 g/mol. The van der Waals surface area contributed by atoms with Gasteiger partial charge in [0.2, 0.25) is 0 Å². The first-order chi connectivity index (χ1) is 24.9. The molecule has 0 saturated carbocycles. The first kappa shape index (κ1) is 46.7. The van der Waals surface area contributed by atoms with Crippen LogP contribution in [0.5, 0.6) is 11.5 Å². The van der Waals surface area contributed by atoms with E-state index in [0.717, 1.165) is 47.9 Å². The molecule has 2 aromatic rings. The van der Waals surface area contributed by atoms with Crippen LogP contribution in [0.3, 0.4) is 0 Å². The van der Waals surface area contributed by atoms with Crippen LogP contribution in [0.15, 0.2) is 68.6 Å². The maximum atomic E-state index is 6.02. The molecule has 10 nitrogen and oxygen atoms in total. The third-order valence-corrected chi connectivity index (χ3v) is 16.6. The molecule has 0 radical (unpaired) electrons. The predicted octanol–water partition coefficient (Wildman–Crippen LogP) is 10.2. The summed E-state index contributed by atoms with van der Waals surface area (Å²) in [6, 6.07) is 18.0. The standard InChI is InChI=1S/C38H66N2O8S2Si2/c1-11-43-51(44-12-2,45-13-3)29-17-27-41-33-19-23-35(24-20-33)49-31-37(7,8)39-40-38(9,10)32-50-36-25-21-34(22-26-36)42-28-18-30-52(46-14-4,47-15-5)48-16-6/h19-26H,11-18,27-32H2,1-10H3. The summed E-state index contributed by atoms with van der Waals surface area (Å²) in [5, 5.41) is 9.57. The first-order valence-electron chi connectivity index (χ1n) is 18.9. The van der Waals surface area contributed by atoms with Crippen molar-refractivity contribution in [3.05, 3.63) is 48.5 Å². The third kappa shape index (κ3) is 18.2. The Hall–Kier alpha value is -1.47. The third-order valence-electron chi connectivity index (χ3n) is 7.40. The number of rotatable bonds is 30. The Morgan fingerprint density at radius 3 is 1.04 bits per heavy atom. The summed E-state index contributed by atoms with van der Waals surface area (Å²) in [5.41, 5.74) is -0.621. The fourth-order valence-corrected chi connectivity index (χ4v) is 12.0. The van der Waals surface area contributed by atoms with Gasteiger partial charge >= 0.3 is 17.6 Å². The van der Waals surface area contributed by atoms with Gasteiger partial charge in [0.05, 0.1) is 24.3 Å². The van der Waals surface area contributed by atoms with E-state index in [1.54, 1.807) is 23.5 Å². The van der Waals surface area contributed by atoms with Crippen molar-refractivity contribution in [3.8, 4) is 11.5 Å². The van der Waals surface area contributed by atoms with E-state index in [9.17, 15) is 0 Å². The molecule has 0 aliphatic heterocycles. The number of hydrogen-bond donors (Lipinski definition) is 0. The number of ether oxygens (including phenoxy) is 2. The Labute approximate surface area is 325 Å². The average molecular weight is 799 g/mol. The molecular formula is C38H66N2O8S2Si2. The highest BCUT2D eigenvalue weighted by Gasteiger charge is 2.40. The highest BCUT2D eigenvalue weighted by atomic mass is 32.2. The van der Waals surface area contributed by atoms with Crippen LogP contribution in [-0.4, -0.2) is 93.0 Å². The molecule has 52 heavy (non-hydrogen) atoms. The summed E-state index contributed by atoms with van der Waals surface area (Å²) >= 11 is 3.55. The Kier molecular flexibility index (Phi) is 22.3. The molecule has 0 bridgehead atoms. The maximum Gasteiger partial charge on any atom is 0.501 e. The summed E-state index contributed by atoms with van der Waals surface area (Å²) < 4.78 is 47.7. The van der Waals surface area contributed by atoms with Gasteiger partial charge in [0, 0.05) is 73.0 Å². The quantitative estimate of drug-likeness (QED) is 0.0329. The predicted molar refractivity (Wildman–Crippen MR) is 218 cm³/mol. The number of nitrogens with zero attached hydrogens (tertiary/aromatic N) is 2. The fraction of sp³-hybridized carbons (Fsp3) is 0.684. The van der Waals surface area contributed by atoms with Gasteiger partial charge in [-0.15, -0.1) is 23.5 Å². The van der Waals surface area contributed by atoms with E-state index < -0.39 is 17.6 Å². The molecule has 2 aromatic carbocycles. The second-order valence-electron chi connectivity index (χ2n) is 13.2. The minimum atomic E-state index is -2.64. The van der Waals surface area contributed by atoms with Gasteiger partial charge in [-0.25, -0.2) is 0 Å². The molecule has 0 fully saturated rings. The van der Waals surface area contributed by atoms with E-state index >= 15 is 0 Å². The lowest BCUT2D eigenvalue weighted by Crippen LogP contribution is -2.46. The average Bonchev–Trinajstić information content (AvgIpc) is 3.11. The van der Waals surface area contributed by atoms with E-state index in [2.05, 4.69) is 52.0 Å².